The third-order valence-corrected chi connectivity index (χ3v) is 3.61. The standard InChI is InChI=1S/C15H21FN2O2/c1-3-17-14-10-20-9-12(14)15(19)18(2)8-11-6-4-5-7-13(11)16/h4-7,12,14,17H,3,8-10H2,1-2H3. The van der Waals surface area contributed by atoms with Crippen molar-refractivity contribution in [2.24, 2.45) is 5.92 Å². The molecule has 1 aromatic carbocycles. The van der Waals surface area contributed by atoms with E-state index in [1.54, 1.807) is 30.1 Å². The first-order valence-electron chi connectivity index (χ1n) is 6.93. The molecule has 0 bridgehead atoms. The first-order chi connectivity index (χ1) is 9.63. The normalized spacial score (nSPS) is 21.9. The SMILES string of the molecule is CCNC1COCC1C(=O)N(C)Cc1ccccc1F. The number of nitrogens with zero attached hydrogens (tertiary/aromatic N) is 1. The van der Waals surface area contributed by atoms with Gasteiger partial charge in [-0.15, -0.1) is 0 Å². The number of benzene rings is 1. The number of rotatable bonds is 5. The van der Waals surface area contributed by atoms with Crippen LogP contribution in [0.1, 0.15) is 12.5 Å². The van der Waals surface area contributed by atoms with Crippen LogP contribution < -0.4 is 5.32 Å². The Kier molecular flexibility index (Phi) is 5.09. The molecule has 20 heavy (non-hydrogen) atoms. The largest absolute Gasteiger partial charge is 0.379 e. The highest BCUT2D eigenvalue weighted by atomic mass is 19.1. The molecule has 0 radical (unpaired) electrons. The minimum Gasteiger partial charge on any atom is -0.379 e. The van der Waals surface area contributed by atoms with Gasteiger partial charge in [0.25, 0.3) is 0 Å². The molecule has 2 unspecified atom stereocenters. The second kappa shape index (κ2) is 6.81. The maximum atomic E-state index is 13.6. The van der Waals surface area contributed by atoms with E-state index in [4.69, 9.17) is 4.74 Å². The number of hydrogen-bond donors (Lipinski definition) is 1. The summed E-state index contributed by atoms with van der Waals surface area (Å²) < 4.78 is 19.0. The van der Waals surface area contributed by atoms with Crippen molar-refractivity contribution in [1.82, 2.24) is 10.2 Å². The van der Waals surface area contributed by atoms with Gasteiger partial charge in [-0.25, -0.2) is 4.39 Å². The molecule has 1 amide bonds. The van der Waals surface area contributed by atoms with Gasteiger partial charge in [-0.3, -0.25) is 4.79 Å². The molecular weight excluding hydrogens is 259 g/mol. The lowest BCUT2D eigenvalue weighted by molar-refractivity contribution is -0.135. The maximum Gasteiger partial charge on any atom is 0.229 e. The van der Waals surface area contributed by atoms with E-state index in [0.717, 1.165) is 6.54 Å². The van der Waals surface area contributed by atoms with Gasteiger partial charge in [-0.05, 0) is 12.6 Å². The van der Waals surface area contributed by atoms with Crippen LogP contribution in [0.4, 0.5) is 4.39 Å². The zero-order valence-corrected chi connectivity index (χ0v) is 11.9. The smallest absolute Gasteiger partial charge is 0.229 e. The fourth-order valence-corrected chi connectivity index (χ4v) is 2.50. The molecule has 0 spiro atoms. The monoisotopic (exact) mass is 280 g/mol. The van der Waals surface area contributed by atoms with Crippen molar-refractivity contribution in [1.29, 1.82) is 0 Å². The summed E-state index contributed by atoms with van der Waals surface area (Å²) in [5, 5.41) is 3.26. The van der Waals surface area contributed by atoms with Crippen LogP contribution in [0.5, 0.6) is 0 Å². The van der Waals surface area contributed by atoms with Crippen LogP contribution in [0.3, 0.4) is 0 Å². The fourth-order valence-electron chi connectivity index (χ4n) is 2.50. The summed E-state index contributed by atoms with van der Waals surface area (Å²) in [5.74, 6) is -0.471. The van der Waals surface area contributed by atoms with Gasteiger partial charge < -0.3 is 15.0 Å². The number of halogens is 1. The van der Waals surface area contributed by atoms with Crippen LogP contribution in [0.15, 0.2) is 24.3 Å². The van der Waals surface area contributed by atoms with E-state index in [2.05, 4.69) is 5.32 Å². The average molecular weight is 280 g/mol. The summed E-state index contributed by atoms with van der Waals surface area (Å²) in [4.78, 5) is 14.0. The molecule has 0 aliphatic carbocycles. The molecule has 1 saturated heterocycles. The molecule has 4 nitrogen and oxygen atoms in total. The Morgan fingerprint density at radius 2 is 2.20 bits per heavy atom. The lowest BCUT2D eigenvalue weighted by atomic mass is 10.0. The minimum absolute atomic E-state index is 0.00305. The molecule has 1 aliphatic heterocycles. The summed E-state index contributed by atoms with van der Waals surface area (Å²) in [6.07, 6.45) is 0. The summed E-state index contributed by atoms with van der Waals surface area (Å²) in [7, 11) is 1.70. The van der Waals surface area contributed by atoms with E-state index < -0.39 is 0 Å². The predicted molar refractivity (Wildman–Crippen MR) is 74.6 cm³/mol. The van der Waals surface area contributed by atoms with E-state index in [9.17, 15) is 9.18 Å². The second-order valence-electron chi connectivity index (χ2n) is 5.09. The number of hydrogen-bond acceptors (Lipinski definition) is 3. The molecule has 0 aromatic heterocycles. The molecule has 1 aliphatic rings. The van der Waals surface area contributed by atoms with Crippen LogP contribution in [-0.2, 0) is 16.1 Å². The average Bonchev–Trinajstić information content (AvgIpc) is 2.89. The van der Waals surface area contributed by atoms with Gasteiger partial charge in [0.05, 0.1) is 19.1 Å². The van der Waals surface area contributed by atoms with Crippen LogP contribution in [0, 0.1) is 11.7 Å². The van der Waals surface area contributed by atoms with Crippen LogP contribution >= 0.6 is 0 Å². The van der Waals surface area contributed by atoms with Crippen molar-refractivity contribution in [2.45, 2.75) is 19.5 Å². The van der Waals surface area contributed by atoms with E-state index in [1.165, 1.54) is 6.07 Å². The van der Waals surface area contributed by atoms with Crippen molar-refractivity contribution in [2.75, 3.05) is 26.8 Å². The topological polar surface area (TPSA) is 41.6 Å². The zero-order chi connectivity index (χ0) is 14.5. The van der Waals surface area contributed by atoms with Gasteiger partial charge in [0.1, 0.15) is 5.82 Å². The van der Waals surface area contributed by atoms with Crippen molar-refractivity contribution in [3.05, 3.63) is 35.6 Å². The first kappa shape index (κ1) is 14.9. The van der Waals surface area contributed by atoms with Crippen molar-refractivity contribution >= 4 is 5.91 Å². The summed E-state index contributed by atoms with van der Waals surface area (Å²) in [6.45, 7) is 4.06. The number of nitrogens with one attached hydrogen (secondary N) is 1. The van der Waals surface area contributed by atoms with Crippen LogP contribution in [0.25, 0.3) is 0 Å². The highest BCUT2D eigenvalue weighted by molar-refractivity contribution is 5.79. The van der Waals surface area contributed by atoms with Gasteiger partial charge in [-0.1, -0.05) is 25.1 Å². The Labute approximate surface area is 118 Å². The third kappa shape index (κ3) is 3.35. The molecule has 1 fully saturated rings. The summed E-state index contributed by atoms with van der Waals surface area (Å²) in [6, 6.07) is 6.58. The van der Waals surface area contributed by atoms with Crippen molar-refractivity contribution in [3.8, 4) is 0 Å². The van der Waals surface area contributed by atoms with Gasteiger partial charge in [0, 0.05) is 25.2 Å². The minimum atomic E-state index is -0.280. The quantitative estimate of drug-likeness (QED) is 0.886. The Morgan fingerprint density at radius 1 is 1.45 bits per heavy atom. The first-order valence-corrected chi connectivity index (χ1v) is 6.93. The number of carbonyl (C=O) groups is 1. The van der Waals surface area contributed by atoms with Gasteiger partial charge in [-0.2, -0.15) is 0 Å². The molecule has 2 atom stereocenters. The van der Waals surface area contributed by atoms with Gasteiger partial charge >= 0.3 is 0 Å². The molecule has 0 saturated carbocycles. The Balaban J connectivity index is 2.00. The van der Waals surface area contributed by atoms with E-state index in [1.807, 2.05) is 6.92 Å². The molecule has 1 aromatic rings. The Bertz CT molecular complexity index is 467. The van der Waals surface area contributed by atoms with Gasteiger partial charge in [0.15, 0.2) is 0 Å². The van der Waals surface area contributed by atoms with Crippen molar-refractivity contribution < 1.29 is 13.9 Å². The zero-order valence-electron chi connectivity index (χ0n) is 11.9. The molecule has 1 heterocycles. The van der Waals surface area contributed by atoms with Crippen molar-refractivity contribution in [3.63, 3.8) is 0 Å². The second-order valence-corrected chi connectivity index (χ2v) is 5.09. The predicted octanol–water partition coefficient (Wildman–Crippen LogP) is 1.41. The van der Waals surface area contributed by atoms with E-state index in [0.29, 0.717) is 18.8 Å². The lowest BCUT2D eigenvalue weighted by Crippen LogP contribution is -2.44. The highest BCUT2D eigenvalue weighted by Crippen LogP contribution is 2.18. The highest BCUT2D eigenvalue weighted by Gasteiger charge is 2.35. The maximum absolute atomic E-state index is 13.6. The third-order valence-electron chi connectivity index (χ3n) is 3.61. The number of carbonyl (C=O) groups excluding carboxylic acids is 1. The lowest BCUT2D eigenvalue weighted by Gasteiger charge is -2.24. The molecule has 2 rings (SSSR count). The summed E-state index contributed by atoms with van der Waals surface area (Å²) >= 11 is 0. The van der Waals surface area contributed by atoms with Crippen LogP contribution in [-0.4, -0.2) is 43.7 Å². The van der Waals surface area contributed by atoms with E-state index >= 15 is 0 Å². The molecule has 5 heteroatoms. The molecule has 110 valence electrons. The van der Waals surface area contributed by atoms with E-state index in [-0.39, 0.29) is 30.2 Å². The Morgan fingerprint density at radius 3 is 2.90 bits per heavy atom. The number of ether oxygens (including phenoxy) is 1. The number of likely N-dealkylation sites (N-methyl/N-ethyl adjacent to an activating group) is 1. The van der Waals surface area contributed by atoms with Crippen LogP contribution in [0.2, 0.25) is 0 Å². The fraction of sp³-hybridized carbons (Fsp3) is 0.533. The molecule has 1 N–H and O–H groups in total. The molecular formula is C15H21FN2O2. The summed E-state index contributed by atoms with van der Waals surface area (Å²) in [5.41, 5.74) is 0.530. The Hall–Kier alpha value is -1.46. The van der Waals surface area contributed by atoms with Gasteiger partial charge in [0.2, 0.25) is 5.91 Å². The number of amides is 1.